The van der Waals surface area contributed by atoms with Crippen LogP contribution in [0.4, 0.5) is 0 Å². The second-order valence-electron chi connectivity index (χ2n) is 4.86. The molecule has 1 aromatic heterocycles. The Kier molecular flexibility index (Phi) is 3.52. The number of carboxylic acid groups (broad SMARTS) is 1. The van der Waals surface area contributed by atoms with Gasteiger partial charge in [0.15, 0.2) is 5.75 Å². The van der Waals surface area contributed by atoms with Gasteiger partial charge in [-0.05, 0) is 12.5 Å². The van der Waals surface area contributed by atoms with Gasteiger partial charge in [-0.3, -0.25) is 4.98 Å². The van der Waals surface area contributed by atoms with E-state index in [0.29, 0.717) is 35.8 Å². The van der Waals surface area contributed by atoms with Crippen molar-refractivity contribution >= 4 is 16.9 Å². The summed E-state index contributed by atoms with van der Waals surface area (Å²) in [5.74, 6) is -0.354. The maximum Gasteiger partial charge on any atom is 0.340 e. The molecule has 2 aromatic rings. The van der Waals surface area contributed by atoms with Crippen LogP contribution in [0.3, 0.4) is 0 Å². The maximum atomic E-state index is 11.5. The topological polar surface area (TPSA) is 68.7 Å². The van der Waals surface area contributed by atoms with Crippen molar-refractivity contribution in [2.75, 3.05) is 19.8 Å². The molecule has 0 radical (unpaired) electrons. The molecule has 0 saturated carbocycles. The van der Waals surface area contributed by atoms with Crippen LogP contribution in [0.2, 0.25) is 0 Å². The second kappa shape index (κ2) is 5.46. The summed E-state index contributed by atoms with van der Waals surface area (Å²) in [5.41, 5.74) is 0.830. The summed E-state index contributed by atoms with van der Waals surface area (Å²) in [6.07, 6.45) is 2.44. The number of ether oxygens (including phenoxy) is 2. The number of pyridine rings is 1. The fourth-order valence-corrected chi connectivity index (χ4v) is 2.38. The largest absolute Gasteiger partial charge is 0.491 e. The van der Waals surface area contributed by atoms with E-state index < -0.39 is 5.97 Å². The third-order valence-electron chi connectivity index (χ3n) is 3.45. The van der Waals surface area contributed by atoms with Crippen molar-refractivity contribution in [2.24, 2.45) is 5.92 Å². The highest BCUT2D eigenvalue weighted by atomic mass is 16.5. The van der Waals surface area contributed by atoms with Crippen LogP contribution >= 0.6 is 0 Å². The molecule has 1 unspecified atom stereocenters. The molecule has 1 atom stereocenters. The van der Waals surface area contributed by atoms with E-state index >= 15 is 0 Å². The molecule has 5 heteroatoms. The molecule has 0 amide bonds. The van der Waals surface area contributed by atoms with Crippen LogP contribution in [0.15, 0.2) is 30.5 Å². The minimum absolute atomic E-state index is 0.175. The summed E-state index contributed by atoms with van der Waals surface area (Å²) >= 11 is 0. The van der Waals surface area contributed by atoms with Crippen LogP contribution in [0, 0.1) is 5.92 Å². The summed E-state index contributed by atoms with van der Waals surface area (Å²) in [6, 6.07) is 7.16. The van der Waals surface area contributed by atoms with Crippen molar-refractivity contribution in [3.8, 4) is 5.75 Å². The average molecular weight is 273 g/mol. The first-order valence-electron chi connectivity index (χ1n) is 6.57. The van der Waals surface area contributed by atoms with Gasteiger partial charge in [0.1, 0.15) is 5.56 Å². The van der Waals surface area contributed by atoms with Gasteiger partial charge in [-0.2, -0.15) is 0 Å². The number of hydrogen-bond acceptors (Lipinski definition) is 4. The van der Waals surface area contributed by atoms with Crippen LogP contribution in [-0.2, 0) is 4.74 Å². The fourth-order valence-electron chi connectivity index (χ4n) is 2.38. The Morgan fingerprint density at radius 1 is 1.45 bits per heavy atom. The molecule has 1 aliphatic heterocycles. The highest BCUT2D eigenvalue weighted by Gasteiger charge is 2.20. The molecule has 1 saturated heterocycles. The van der Waals surface area contributed by atoms with Gasteiger partial charge < -0.3 is 14.6 Å². The first-order chi connectivity index (χ1) is 9.75. The lowest BCUT2D eigenvalue weighted by molar-refractivity contribution is 0.0693. The summed E-state index contributed by atoms with van der Waals surface area (Å²) in [6.45, 7) is 1.87. The number of rotatable bonds is 4. The number of nitrogens with zero attached hydrogens (tertiary/aromatic N) is 1. The maximum absolute atomic E-state index is 11.5. The molecule has 5 nitrogen and oxygen atoms in total. The van der Waals surface area contributed by atoms with Crippen molar-refractivity contribution < 1.29 is 19.4 Å². The summed E-state index contributed by atoms with van der Waals surface area (Å²) in [7, 11) is 0. The minimum atomic E-state index is -0.999. The van der Waals surface area contributed by atoms with Gasteiger partial charge in [-0.1, -0.05) is 18.2 Å². The van der Waals surface area contributed by atoms with E-state index in [1.807, 2.05) is 6.07 Å². The van der Waals surface area contributed by atoms with Crippen molar-refractivity contribution in [1.29, 1.82) is 0 Å². The predicted molar refractivity (Wildman–Crippen MR) is 73.1 cm³/mol. The quantitative estimate of drug-likeness (QED) is 0.926. The molecular formula is C15H15NO4. The van der Waals surface area contributed by atoms with E-state index in [0.717, 1.165) is 13.0 Å². The number of fused-ring (bicyclic) bond motifs is 1. The van der Waals surface area contributed by atoms with Crippen LogP contribution < -0.4 is 4.74 Å². The standard InChI is InChI=1S/C15H15NO4/c17-15(18)14-11-3-1-2-4-12(11)16-7-13(14)20-9-10-5-6-19-8-10/h1-4,7,10H,5-6,8-9H2,(H,17,18). The van der Waals surface area contributed by atoms with Crippen LogP contribution in [0.25, 0.3) is 10.9 Å². The van der Waals surface area contributed by atoms with E-state index in [1.165, 1.54) is 6.20 Å². The van der Waals surface area contributed by atoms with Gasteiger partial charge in [0, 0.05) is 17.9 Å². The summed E-state index contributed by atoms with van der Waals surface area (Å²) < 4.78 is 10.9. The van der Waals surface area contributed by atoms with Gasteiger partial charge in [-0.15, -0.1) is 0 Å². The molecule has 104 valence electrons. The first-order valence-corrected chi connectivity index (χ1v) is 6.57. The number of aromatic carboxylic acids is 1. The number of benzene rings is 1. The lowest BCUT2D eigenvalue weighted by atomic mass is 10.1. The third kappa shape index (κ3) is 2.44. The SMILES string of the molecule is O=C(O)c1c(OCC2CCOC2)cnc2ccccc12. The highest BCUT2D eigenvalue weighted by molar-refractivity contribution is 6.04. The molecule has 1 fully saturated rings. The Labute approximate surface area is 116 Å². The van der Waals surface area contributed by atoms with E-state index in [4.69, 9.17) is 9.47 Å². The van der Waals surface area contributed by atoms with Crippen LogP contribution in [-0.4, -0.2) is 35.9 Å². The second-order valence-corrected chi connectivity index (χ2v) is 4.86. The van der Waals surface area contributed by atoms with Crippen molar-refractivity contribution in [2.45, 2.75) is 6.42 Å². The Morgan fingerprint density at radius 3 is 3.05 bits per heavy atom. The molecule has 3 rings (SSSR count). The molecule has 1 aromatic carbocycles. The van der Waals surface area contributed by atoms with Gasteiger partial charge in [0.05, 0.1) is 24.9 Å². The van der Waals surface area contributed by atoms with E-state index in [9.17, 15) is 9.90 Å². The van der Waals surface area contributed by atoms with Crippen LogP contribution in [0.1, 0.15) is 16.8 Å². The summed E-state index contributed by atoms with van der Waals surface area (Å²) in [5, 5.41) is 10.0. The molecule has 0 spiro atoms. The van der Waals surface area contributed by atoms with Gasteiger partial charge in [0.25, 0.3) is 0 Å². The van der Waals surface area contributed by atoms with E-state index in [2.05, 4.69) is 4.98 Å². The van der Waals surface area contributed by atoms with Gasteiger partial charge in [-0.25, -0.2) is 4.79 Å². The third-order valence-corrected chi connectivity index (χ3v) is 3.45. The molecular weight excluding hydrogens is 258 g/mol. The zero-order chi connectivity index (χ0) is 13.9. The Bertz CT molecular complexity index is 635. The number of aromatic nitrogens is 1. The predicted octanol–water partition coefficient (Wildman–Crippen LogP) is 2.35. The molecule has 2 heterocycles. The molecule has 20 heavy (non-hydrogen) atoms. The number of hydrogen-bond donors (Lipinski definition) is 1. The lowest BCUT2D eigenvalue weighted by Gasteiger charge is -2.13. The zero-order valence-electron chi connectivity index (χ0n) is 10.9. The monoisotopic (exact) mass is 273 g/mol. The van der Waals surface area contributed by atoms with Crippen molar-refractivity contribution in [3.63, 3.8) is 0 Å². The summed E-state index contributed by atoms with van der Waals surface area (Å²) in [4.78, 5) is 15.7. The van der Waals surface area contributed by atoms with E-state index in [1.54, 1.807) is 18.2 Å². The molecule has 0 bridgehead atoms. The van der Waals surface area contributed by atoms with Gasteiger partial charge in [0.2, 0.25) is 0 Å². The highest BCUT2D eigenvalue weighted by Crippen LogP contribution is 2.27. The molecule has 1 aliphatic rings. The van der Waals surface area contributed by atoms with Crippen molar-refractivity contribution in [1.82, 2.24) is 4.98 Å². The Hall–Kier alpha value is -2.14. The lowest BCUT2D eigenvalue weighted by Crippen LogP contribution is -2.14. The number of carbonyl (C=O) groups is 1. The van der Waals surface area contributed by atoms with E-state index in [-0.39, 0.29) is 5.56 Å². The zero-order valence-corrected chi connectivity index (χ0v) is 10.9. The smallest absolute Gasteiger partial charge is 0.340 e. The Balaban J connectivity index is 1.92. The van der Waals surface area contributed by atoms with Gasteiger partial charge >= 0.3 is 5.97 Å². The molecule has 1 N–H and O–H groups in total. The van der Waals surface area contributed by atoms with Crippen LogP contribution in [0.5, 0.6) is 5.75 Å². The Morgan fingerprint density at radius 2 is 2.30 bits per heavy atom. The fraction of sp³-hybridized carbons (Fsp3) is 0.333. The first kappa shape index (κ1) is 12.9. The number of para-hydroxylation sites is 1. The normalized spacial score (nSPS) is 18.3. The molecule has 0 aliphatic carbocycles. The average Bonchev–Trinajstić information content (AvgIpc) is 2.97. The van der Waals surface area contributed by atoms with Crippen molar-refractivity contribution in [3.05, 3.63) is 36.0 Å². The number of carboxylic acids is 1. The minimum Gasteiger partial charge on any atom is -0.491 e.